The molecule has 5 nitrogen and oxygen atoms in total. The third-order valence-corrected chi connectivity index (χ3v) is 4.96. The van der Waals surface area contributed by atoms with Gasteiger partial charge in [-0.3, -0.25) is 4.79 Å². The molecule has 1 saturated carbocycles. The number of morpholine rings is 1. The van der Waals surface area contributed by atoms with Crippen LogP contribution in [0.25, 0.3) is 10.8 Å². The van der Waals surface area contributed by atoms with E-state index in [-0.39, 0.29) is 30.9 Å². The number of hydrogen-bond donors (Lipinski definition) is 1. The zero-order valence-corrected chi connectivity index (χ0v) is 13.2. The Morgan fingerprint density at radius 1 is 1.12 bits per heavy atom. The number of rotatable bonds is 3. The summed E-state index contributed by atoms with van der Waals surface area (Å²) in [6.45, 7) is 0.911. The Morgan fingerprint density at radius 2 is 1.92 bits per heavy atom. The van der Waals surface area contributed by atoms with Gasteiger partial charge in [-0.1, -0.05) is 42.5 Å². The molecule has 1 aliphatic heterocycles. The molecule has 2 aliphatic rings. The lowest BCUT2D eigenvalue weighted by Crippen LogP contribution is -2.49. The van der Waals surface area contributed by atoms with Crippen LogP contribution in [0.3, 0.4) is 0 Å². The molecule has 3 atom stereocenters. The van der Waals surface area contributed by atoms with E-state index in [4.69, 9.17) is 9.84 Å². The van der Waals surface area contributed by atoms with Crippen LogP contribution in [0, 0.1) is 5.92 Å². The number of amides is 1. The number of benzene rings is 2. The molecule has 1 aliphatic carbocycles. The molecule has 0 bridgehead atoms. The van der Waals surface area contributed by atoms with Crippen molar-refractivity contribution in [2.75, 3.05) is 19.7 Å². The zero-order chi connectivity index (χ0) is 16.7. The molecular formula is C19H19NO4. The highest BCUT2D eigenvalue weighted by atomic mass is 16.5. The number of aliphatic carboxylic acids is 1. The number of hydrogen-bond acceptors (Lipinski definition) is 3. The third-order valence-electron chi connectivity index (χ3n) is 4.96. The first-order valence-electron chi connectivity index (χ1n) is 8.25. The minimum Gasteiger partial charge on any atom is -0.479 e. The Labute approximate surface area is 139 Å². The molecule has 3 unspecified atom stereocenters. The number of carbonyl (C=O) groups is 2. The summed E-state index contributed by atoms with van der Waals surface area (Å²) in [5, 5.41) is 11.4. The van der Waals surface area contributed by atoms with Crippen molar-refractivity contribution in [3.63, 3.8) is 0 Å². The van der Waals surface area contributed by atoms with Crippen molar-refractivity contribution in [1.29, 1.82) is 0 Å². The van der Waals surface area contributed by atoms with E-state index >= 15 is 0 Å². The standard InChI is InChI=1S/C19H19NO4/c21-18(20-7-8-24-17(11-20)19(22)23)16-10-15(16)14-6-5-12-3-1-2-4-13(12)9-14/h1-6,9,15-17H,7-8,10-11H2,(H,22,23). The largest absolute Gasteiger partial charge is 0.479 e. The lowest BCUT2D eigenvalue weighted by Gasteiger charge is -2.31. The maximum atomic E-state index is 12.7. The second-order valence-corrected chi connectivity index (χ2v) is 6.54. The molecule has 2 aromatic carbocycles. The average Bonchev–Trinajstić information content (AvgIpc) is 3.41. The summed E-state index contributed by atoms with van der Waals surface area (Å²) in [7, 11) is 0. The van der Waals surface area contributed by atoms with Crippen molar-refractivity contribution in [3.05, 3.63) is 48.0 Å². The molecule has 2 fully saturated rings. The van der Waals surface area contributed by atoms with Gasteiger partial charge in [-0.2, -0.15) is 0 Å². The number of fused-ring (bicyclic) bond motifs is 1. The van der Waals surface area contributed by atoms with Gasteiger partial charge < -0.3 is 14.7 Å². The molecule has 1 amide bonds. The van der Waals surface area contributed by atoms with Crippen LogP contribution < -0.4 is 0 Å². The van der Waals surface area contributed by atoms with E-state index in [0.29, 0.717) is 6.54 Å². The predicted molar refractivity (Wildman–Crippen MR) is 88.8 cm³/mol. The van der Waals surface area contributed by atoms with Crippen LogP contribution in [-0.2, 0) is 14.3 Å². The molecule has 0 aromatic heterocycles. The van der Waals surface area contributed by atoms with Crippen molar-refractivity contribution in [2.24, 2.45) is 5.92 Å². The van der Waals surface area contributed by atoms with Gasteiger partial charge in [0.1, 0.15) is 0 Å². The van der Waals surface area contributed by atoms with Crippen LogP contribution in [0.15, 0.2) is 42.5 Å². The van der Waals surface area contributed by atoms with E-state index in [9.17, 15) is 9.59 Å². The Balaban J connectivity index is 1.46. The van der Waals surface area contributed by atoms with Gasteiger partial charge >= 0.3 is 5.97 Å². The first-order valence-corrected chi connectivity index (χ1v) is 8.25. The number of carbonyl (C=O) groups excluding carboxylic acids is 1. The van der Waals surface area contributed by atoms with Crippen LogP contribution in [-0.4, -0.2) is 47.7 Å². The fourth-order valence-corrected chi connectivity index (χ4v) is 3.51. The van der Waals surface area contributed by atoms with Crippen molar-refractivity contribution >= 4 is 22.6 Å². The maximum absolute atomic E-state index is 12.7. The summed E-state index contributed by atoms with van der Waals surface area (Å²) >= 11 is 0. The molecule has 5 heteroatoms. The number of ether oxygens (including phenoxy) is 1. The second kappa shape index (κ2) is 5.91. The first kappa shape index (κ1) is 15.1. The fourth-order valence-electron chi connectivity index (χ4n) is 3.51. The van der Waals surface area contributed by atoms with Crippen LogP contribution in [0.1, 0.15) is 17.9 Å². The monoisotopic (exact) mass is 325 g/mol. The highest BCUT2D eigenvalue weighted by Gasteiger charge is 2.46. The van der Waals surface area contributed by atoms with Gasteiger partial charge in [0.2, 0.25) is 5.91 Å². The summed E-state index contributed by atoms with van der Waals surface area (Å²) in [4.78, 5) is 25.4. The summed E-state index contributed by atoms with van der Waals surface area (Å²) in [5.74, 6) is -0.732. The van der Waals surface area contributed by atoms with E-state index in [1.165, 1.54) is 16.3 Å². The van der Waals surface area contributed by atoms with Crippen LogP contribution in [0.2, 0.25) is 0 Å². The molecule has 0 radical (unpaired) electrons. The fraction of sp³-hybridized carbons (Fsp3) is 0.368. The highest BCUT2D eigenvalue weighted by molar-refractivity contribution is 5.86. The predicted octanol–water partition coefficient (Wildman–Crippen LogP) is 2.26. The molecule has 1 N–H and O–H groups in total. The lowest BCUT2D eigenvalue weighted by atomic mass is 10.0. The summed E-state index contributed by atoms with van der Waals surface area (Å²) in [6, 6.07) is 14.5. The number of nitrogens with zero attached hydrogens (tertiary/aromatic N) is 1. The molecular weight excluding hydrogens is 306 g/mol. The zero-order valence-electron chi connectivity index (χ0n) is 13.2. The van der Waals surface area contributed by atoms with Gasteiger partial charge in [-0.25, -0.2) is 4.79 Å². The molecule has 2 aromatic rings. The highest BCUT2D eigenvalue weighted by Crippen LogP contribution is 2.49. The Hall–Kier alpha value is -2.40. The molecule has 124 valence electrons. The SMILES string of the molecule is O=C(O)C1CN(C(=O)C2CC2c2ccc3ccccc3c2)CCO1. The van der Waals surface area contributed by atoms with E-state index in [1.54, 1.807) is 4.90 Å². The second-order valence-electron chi connectivity index (χ2n) is 6.54. The van der Waals surface area contributed by atoms with E-state index in [2.05, 4.69) is 30.3 Å². The smallest absolute Gasteiger partial charge is 0.334 e. The molecule has 0 spiro atoms. The Kier molecular flexibility index (Phi) is 3.73. The first-order chi connectivity index (χ1) is 11.6. The molecule has 4 rings (SSSR count). The van der Waals surface area contributed by atoms with Gasteiger partial charge in [-0.05, 0) is 28.7 Å². The van der Waals surface area contributed by atoms with Crippen LogP contribution in [0.5, 0.6) is 0 Å². The minimum atomic E-state index is -1.01. The van der Waals surface area contributed by atoms with Gasteiger partial charge in [0, 0.05) is 12.5 Å². The minimum absolute atomic E-state index is 0.0290. The van der Waals surface area contributed by atoms with E-state index in [1.807, 2.05) is 12.1 Å². The average molecular weight is 325 g/mol. The van der Waals surface area contributed by atoms with Gasteiger partial charge in [0.15, 0.2) is 6.10 Å². The molecule has 24 heavy (non-hydrogen) atoms. The van der Waals surface area contributed by atoms with Crippen molar-refractivity contribution in [2.45, 2.75) is 18.4 Å². The third kappa shape index (κ3) is 2.76. The van der Waals surface area contributed by atoms with Crippen LogP contribution >= 0.6 is 0 Å². The lowest BCUT2D eigenvalue weighted by molar-refractivity contribution is -0.159. The van der Waals surface area contributed by atoms with Gasteiger partial charge in [0.05, 0.1) is 13.2 Å². The molecule has 1 saturated heterocycles. The maximum Gasteiger partial charge on any atom is 0.334 e. The number of carboxylic acid groups (broad SMARTS) is 1. The van der Waals surface area contributed by atoms with Crippen molar-refractivity contribution < 1.29 is 19.4 Å². The topological polar surface area (TPSA) is 66.8 Å². The normalized spacial score (nSPS) is 26.3. The van der Waals surface area contributed by atoms with Crippen molar-refractivity contribution in [3.8, 4) is 0 Å². The summed E-state index contributed by atoms with van der Waals surface area (Å²) in [6.07, 6.45) is -0.0627. The van der Waals surface area contributed by atoms with Crippen LogP contribution in [0.4, 0.5) is 0 Å². The molecule has 1 heterocycles. The summed E-state index contributed by atoms with van der Waals surface area (Å²) < 4.78 is 5.19. The van der Waals surface area contributed by atoms with E-state index < -0.39 is 12.1 Å². The Bertz CT molecular complexity index is 803. The van der Waals surface area contributed by atoms with E-state index in [0.717, 1.165) is 6.42 Å². The van der Waals surface area contributed by atoms with Gasteiger partial charge in [0.25, 0.3) is 0 Å². The number of carboxylic acids is 1. The Morgan fingerprint density at radius 3 is 2.71 bits per heavy atom. The summed E-state index contributed by atoms with van der Waals surface area (Å²) in [5.41, 5.74) is 1.19. The van der Waals surface area contributed by atoms with Crippen molar-refractivity contribution in [1.82, 2.24) is 4.90 Å². The quantitative estimate of drug-likeness (QED) is 0.940. The van der Waals surface area contributed by atoms with Gasteiger partial charge in [-0.15, -0.1) is 0 Å².